The van der Waals surface area contributed by atoms with E-state index in [2.05, 4.69) is 29.6 Å². The van der Waals surface area contributed by atoms with Crippen molar-refractivity contribution < 1.29 is 23.8 Å². The minimum atomic E-state index is -0.538. The normalized spacial score (nSPS) is 13.9. The Labute approximate surface area is 177 Å². The van der Waals surface area contributed by atoms with Crippen LogP contribution in [0.5, 0.6) is 0 Å². The number of rotatable bonds is 7. The lowest BCUT2D eigenvalue weighted by atomic mass is 9.98. The van der Waals surface area contributed by atoms with Crippen molar-refractivity contribution in [3.05, 3.63) is 59.7 Å². The van der Waals surface area contributed by atoms with Crippen LogP contribution in [0.4, 0.5) is 4.79 Å². The minimum absolute atomic E-state index is 0.000147. The maximum Gasteiger partial charge on any atom is 0.407 e. The van der Waals surface area contributed by atoms with E-state index in [0.717, 1.165) is 11.1 Å². The summed E-state index contributed by atoms with van der Waals surface area (Å²) in [5.74, 6) is -0.390. The molecule has 1 atom stereocenters. The first-order valence-electron chi connectivity index (χ1n) is 10.1. The molecule has 1 amide bonds. The van der Waals surface area contributed by atoms with Crippen molar-refractivity contribution in [2.24, 2.45) is 0 Å². The van der Waals surface area contributed by atoms with Crippen molar-refractivity contribution in [3.8, 4) is 11.1 Å². The number of amides is 1. The molecule has 0 bridgehead atoms. The van der Waals surface area contributed by atoms with Crippen molar-refractivity contribution in [1.82, 2.24) is 5.32 Å². The van der Waals surface area contributed by atoms with Crippen LogP contribution in [-0.4, -0.2) is 44.0 Å². The summed E-state index contributed by atoms with van der Waals surface area (Å²) in [6.45, 7) is 6.07. The highest BCUT2D eigenvalue weighted by atomic mass is 16.6. The molecule has 1 aliphatic rings. The van der Waals surface area contributed by atoms with Gasteiger partial charge in [-0.3, -0.25) is 4.79 Å². The van der Waals surface area contributed by atoms with Gasteiger partial charge in [0, 0.05) is 12.5 Å². The van der Waals surface area contributed by atoms with Gasteiger partial charge in [0.15, 0.2) is 0 Å². The third kappa shape index (κ3) is 5.39. The van der Waals surface area contributed by atoms with Gasteiger partial charge in [-0.1, -0.05) is 48.5 Å². The molecule has 0 spiro atoms. The fourth-order valence-electron chi connectivity index (χ4n) is 3.77. The Morgan fingerprint density at radius 1 is 1.00 bits per heavy atom. The second-order valence-corrected chi connectivity index (χ2v) is 8.34. The number of nitrogens with one attached hydrogen (secondary N) is 1. The van der Waals surface area contributed by atoms with Crippen molar-refractivity contribution in [3.63, 3.8) is 0 Å². The molecule has 0 saturated carbocycles. The molecule has 1 aliphatic carbocycles. The van der Waals surface area contributed by atoms with E-state index in [1.165, 1.54) is 18.2 Å². The molecule has 0 fully saturated rings. The topological polar surface area (TPSA) is 73.9 Å². The number of esters is 1. The second kappa shape index (κ2) is 9.30. The Hall–Kier alpha value is -2.86. The predicted octanol–water partition coefficient (Wildman–Crippen LogP) is 4.27. The third-order valence-electron chi connectivity index (χ3n) is 4.96. The van der Waals surface area contributed by atoms with E-state index >= 15 is 0 Å². The molecular formula is C24H29NO5. The Kier molecular flexibility index (Phi) is 6.77. The number of ether oxygens (including phenoxy) is 3. The predicted molar refractivity (Wildman–Crippen MR) is 114 cm³/mol. The molecule has 3 rings (SSSR count). The number of benzene rings is 2. The maximum absolute atomic E-state index is 12.3. The highest BCUT2D eigenvalue weighted by Crippen LogP contribution is 2.44. The summed E-state index contributed by atoms with van der Waals surface area (Å²) in [7, 11) is 1.33. The monoisotopic (exact) mass is 411 g/mol. The minimum Gasteiger partial charge on any atom is -0.469 e. The van der Waals surface area contributed by atoms with Crippen LogP contribution in [0.3, 0.4) is 0 Å². The smallest absolute Gasteiger partial charge is 0.407 e. The fourth-order valence-corrected chi connectivity index (χ4v) is 3.77. The number of alkyl carbamates (subject to hydrolysis) is 1. The van der Waals surface area contributed by atoms with Crippen LogP contribution in [0.2, 0.25) is 0 Å². The number of fused-ring (bicyclic) bond motifs is 3. The summed E-state index contributed by atoms with van der Waals surface area (Å²) in [6, 6.07) is 16.4. The van der Waals surface area contributed by atoms with Gasteiger partial charge in [0.25, 0.3) is 0 Å². The van der Waals surface area contributed by atoms with Gasteiger partial charge in [0.05, 0.1) is 25.2 Å². The van der Waals surface area contributed by atoms with Crippen LogP contribution >= 0.6 is 0 Å². The van der Waals surface area contributed by atoms with E-state index in [1.807, 2.05) is 45.0 Å². The SMILES string of the molecule is COC(=O)C[C@@H](CNC(=O)OCC1c2ccccc2-c2ccccc21)OC(C)(C)C. The number of hydrogen-bond acceptors (Lipinski definition) is 5. The van der Waals surface area contributed by atoms with Crippen molar-refractivity contribution in [2.75, 3.05) is 20.3 Å². The zero-order valence-electron chi connectivity index (χ0n) is 17.9. The lowest BCUT2D eigenvalue weighted by Gasteiger charge is -2.27. The second-order valence-electron chi connectivity index (χ2n) is 8.34. The number of carbonyl (C=O) groups excluding carboxylic acids is 2. The molecule has 0 heterocycles. The van der Waals surface area contributed by atoms with Gasteiger partial charge >= 0.3 is 12.1 Å². The van der Waals surface area contributed by atoms with Crippen LogP contribution < -0.4 is 5.32 Å². The van der Waals surface area contributed by atoms with Crippen LogP contribution in [-0.2, 0) is 19.0 Å². The van der Waals surface area contributed by atoms with E-state index in [4.69, 9.17) is 14.2 Å². The largest absolute Gasteiger partial charge is 0.469 e. The van der Waals surface area contributed by atoms with E-state index in [-0.39, 0.29) is 25.5 Å². The van der Waals surface area contributed by atoms with E-state index in [0.29, 0.717) is 0 Å². The molecule has 0 unspecified atom stereocenters. The maximum atomic E-state index is 12.3. The first-order valence-corrected chi connectivity index (χ1v) is 10.1. The zero-order valence-corrected chi connectivity index (χ0v) is 17.9. The molecule has 0 aliphatic heterocycles. The molecular weight excluding hydrogens is 382 g/mol. The van der Waals surface area contributed by atoms with Gasteiger partial charge in [-0.05, 0) is 43.0 Å². The number of carbonyl (C=O) groups is 2. The van der Waals surface area contributed by atoms with E-state index in [1.54, 1.807) is 0 Å². The van der Waals surface area contributed by atoms with Gasteiger partial charge in [-0.2, -0.15) is 0 Å². The fraction of sp³-hybridized carbons (Fsp3) is 0.417. The quantitative estimate of drug-likeness (QED) is 0.689. The number of methoxy groups -OCH3 is 1. The highest BCUT2D eigenvalue weighted by Gasteiger charge is 2.29. The van der Waals surface area contributed by atoms with E-state index in [9.17, 15) is 9.59 Å². The van der Waals surface area contributed by atoms with Gasteiger partial charge in [0.1, 0.15) is 6.61 Å². The Balaban J connectivity index is 1.59. The summed E-state index contributed by atoms with van der Waals surface area (Å²) in [5, 5.41) is 2.71. The molecule has 0 radical (unpaired) electrons. The molecule has 1 N–H and O–H groups in total. The van der Waals surface area contributed by atoms with Crippen LogP contribution in [0.25, 0.3) is 11.1 Å². The third-order valence-corrected chi connectivity index (χ3v) is 4.96. The average Bonchev–Trinajstić information content (AvgIpc) is 3.03. The Morgan fingerprint density at radius 3 is 2.10 bits per heavy atom. The first-order chi connectivity index (χ1) is 14.3. The molecule has 2 aromatic carbocycles. The summed E-state index contributed by atoms with van der Waals surface area (Å²) < 4.78 is 16.1. The van der Waals surface area contributed by atoms with Gasteiger partial charge in [-0.15, -0.1) is 0 Å². The Bertz CT molecular complexity index is 857. The molecule has 6 nitrogen and oxygen atoms in total. The first kappa shape index (κ1) is 21.8. The Morgan fingerprint density at radius 2 is 1.57 bits per heavy atom. The van der Waals surface area contributed by atoms with Crippen molar-refractivity contribution in [2.45, 2.75) is 44.8 Å². The standard InChI is InChI=1S/C24H29NO5/c1-24(2,3)30-16(13-22(26)28-4)14-25-23(27)29-15-21-19-11-7-5-9-17(19)18-10-6-8-12-20(18)21/h5-12,16,21H,13-15H2,1-4H3,(H,25,27)/t16-/m0/s1. The van der Waals surface area contributed by atoms with Gasteiger partial charge < -0.3 is 19.5 Å². The van der Waals surface area contributed by atoms with E-state index < -0.39 is 23.8 Å². The van der Waals surface area contributed by atoms with Crippen molar-refractivity contribution in [1.29, 1.82) is 0 Å². The highest BCUT2D eigenvalue weighted by molar-refractivity contribution is 5.79. The summed E-state index contributed by atoms with van der Waals surface area (Å²) in [6.07, 6.45) is -0.987. The molecule has 6 heteroatoms. The lowest BCUT2D eigenvalue weighted by molar-refractivity contribution is -0.146. The molecule has 0 aromatic heterocycles. The lowest BCUT2D eigenvalue weighted by Crippen LogP contribution is -2.39. The molecule has 160 valence electrons. The molecule has 0 saturated heterocycles. The zero-order chi connectivity index (χ0) is 21.7. The van der Waals surface area contributed by atoms with Crippen molar-refractivity contribution >= 4 is 12.1 Å². The number of hydrogen-bond donors (Lipinski definition) is 1. The van der Waals surface area contributed by atoms with Crippen LogP contribution in [0.1, 0.15) is 44.2 Å². The molecule has 2 aromatic rings. The summed E-state index contributed by atoms with van der Waals surface area (Å²) >= 11 is 0. The summed E-state index contributed by atoms with van der Waals surface area (Å²) in [4.78, 5) is 24.0. The summed E-state index contributed by atoms with van der Waals surface area (Å²) in [5.41, 5.74) is 4.22. The van der Waals surface area contributed by atoms with Gasteiger partial charge in [0.2, 0.25) is 0 Å². The average molecular weight is 411 g/mol. The van der Waals surface area contributed by atoms with Crippen LogP contribution in [0.15, 0.2) is 48.5 Å². The van der Waals surface area contributed by atoms with Gasteiger partial charge in [-0.25, -0.2) is 4.79 Å². The van der Waals surface area contributed by atoms with Crippen LogP contribution in [0, 0.1) is 0 Å². The molecule has 30 heavy (non-hydrogen) atoms.